The van der Waals surface area contributed by atoms with E-state index in [0.29, 0.717) is 6.42 Å². The zero-order valence-corrected chi connectivity index (χ0v) is 13.8. The van der Waals surface area contributed by atoms with Gasteiger partial charge in [0.15, 0.2) is 0 Å². The summed E-state index contributed by atoms with van der Waals surface area (Å²) >= 11 is 1.66. The molecule has 0 aliphatic rings. The molecule has 0 fully saturated rings. The van der Waals surface area contributed by atoms with Crippen LogP contribution in [-0.4, -0.2) is 41.1 Å². The van der Waals surface area contributed by atoms with Crippen molar-refractivity contribution in [2.75, 3.05) is 7.05 Å². The van der Waals surface area contributed by atoms with E-state index in [1.165, 1.54) is 4.88 Å². The number of hydrogen-bond acceptors (Lipinski definition) is 3. The number of nitrogens with one attached hydrogen (secondary N) is 1. The Balaban J connectivity index is 2.57. The molecule has 0 spiro atoms. The van der Waals surface area contributed by atoms with Crippen LogP contribution in [0.15, 0.2) is 17.5 Å². The molecule has 21 heavy (non-hydrogen) atoms. The number of carboxylic acids is 1. The summed E-state index contributed by atoms with van der Waals surface area (Å²) in [7, 11) is 1.70. The summed E-state index contributed by atoms with van der Waals surface area (Å²) in [5.74, 6) is -0.781. The molecule has 2 N–H and O–H groups in total. The maximum absolute atomic E-state index is 12.2. The van der Waals surface area contributed by atoms with Gasteiger partial charge in [-0.2, -0.15) is 0 Å². The fourth-order valence-corrected chi connectivity index (χ4v) is 2.83. The largest absolute Gasteiger partial charge is 0.480 e. The predicted molar refractivity (Wildman–Crippen MR) is 84.7 cm³/mol. The molecule has 0 bridgehead atoms. The van der Waals surface area contributed by atoms with Gasteiger partial charge in [0, 0.05) is 24.4 Å². The number of rotatable bonds is 7. The van der Waals surface area contributed by atoms with Crippen molar-refractivity contribution in [1.82, 2.24) is 10.2 Å². The maximum atomic E-state index is 12.2. The Bertz CT molecular complexity index is 459. The van der Waals surface area contributed by atoms with E-state index < -0.39 is 12.0 Å². The van der Waals surface area contributed by atoms with Crippen molar-refractivity contribution in [3.05, 3.63) is 22.4 Å². The number of amides is 2. The lowest BCUT2D eigenvalue weighted by Crippen LogP contribution is -2.50. The molecule has 1 aromatic rings. The van der Waals surface area contributed by atoms with Crippen molar-refractivity contribution < 1.29 is 14.7 Å². The highest BCUT2D eigenvalue weighted by molar-refractivity contribution is 7.09. The number of hydrogen-bond donors (Lipinski definition) is 2. The van der Waals surface area contributed by atoms with Gasteiger partial charge in [-0.05, 0) is 30.7 Å². The minimum absolute atomic E-state index is 0.0112. The van der Waals surface area contributed by atoms with E-state index in [1.807, 2.05) is 38.3 Å². The molecule has 0 radical (unpaired) electrons. The Kier molecular flexibility index (Phi) is 6.68. The highest BCUT2D eigenvalue weighted by Gasteiger charge is 2.24. The van der Waals surface area contributed by atoms with E-state index in [4.69, 9.17) is 5.11 Å². The summed E-state index contributed by atoms with van der Waals surface area (Å²) in [5, 5.41) is 13.8. The van der Waals surface area contributed by atoms with Crippen LogP contribution >= 0.6 is 11.3 Å². The predicted octanol–water partition coefficient (Wildman–Crippen LogP) is 2.82. The van der Waals surface area contributed by atoms with E-state index in [-0.39, 0.29) is 18.0 Å². The van der Waals surface area contributed by atoms with Gasteiger partial charge in [0.05, 0.1) is 0 Å². The van der Waals surface area contributed by atoms with Gasteiger partial charge in [-0.3, -0.25) is 0 Å². The number of carboxylic acid groups (broad SMARTS) is 1. The molecule has 2 amide bonds. The van der Waals surface area contributed by atoms with Crippen molar-refractivity contribution >= 4 is 23.3 Å². The molecule has 0 saturated carbocycles. The molecular formula is C15H24N2O3S. The van der Waals surface area contributed by atoms with Gasteiger partial charge in [0.1, 0.15) is 6.04 Å². The van der Waals surface area contributed by atoms with Gasteiger partial charge in [-0.15, -0.1) is 11.3 Å². The number of aliphatic carboxylic acids is 1. The number of carbonyl (C=O) groups excluding carboxylic acids is 1. The first-order valence-corrected chi connectivity index (χ1v) is 7.97. The number of thiophene rings is 1. The first-order valence-electron chi connectivity index (χ1n) is 7.09. The Hall–Kier alpha value is -1.56. The van der Waals surface area contributed by atoms with E-state index in [1.54, 1.807) is 23.3 Å². The SMILES string of the molecule is CC(C)C[C@@H](NC(=O)N(C)C(C)Cc1cccs1)C(=O)O. The minimum Gasteiger partial charge on any atom is -0.480 e. The van der Waals surface area contributed by atoms with Crippen LogP contribution in [0.4, 0.5) is 4.79 Å². The number of likely N-dealkylation sites (N-methyl/N-ethyl adjacent to an activating group) is 1. The van der Waals surface area contributed by atoms with E-state index in [0.717, 1.165) is 6.42 Å². The summed E-state index contributed by atoms with van der Waals surface area (Å²) in [5.41, 5.74) is 0. The first-order chi connectivity index (χ1) is 9.81. The highest BCUT2D eigenvalue weighted by Crippen LogP contribution is 2.14. The fraction of sp³-hybridized carbons (Fsp3) is 0.600. The zero-order valence-electron chi connectivity index (χ0n) is 13.0. The van der Waals surface area contributed by atoms with Crippen LogP contribution in [0.1, 0.15) is 32.1 Å². The van der Waals surface area contributed by atoms with Crippen LogP contribution in [0.3, 0.4) is 0 Å². The second-order valence-corrected chi connectivity index (χ2v) is 6.75. The molecule has 118 valence electrons. The van der Waals surface area contributed by atoms with Crippen molar-refractivity contribution in [2.24, 2.45) is 5.92 Å². The van der Waals surface area contributed by atoms with Gasteiger partial charge >= 0.3 is 12.0 Å². The van der Waals surface area contributed by atoms with E-state index in [9.17, 15) is 9.59 Å². The quantitative estimate of drug-likeness (QED) is 0.813. The number of nitrogens with zero attached hydrogens (tertiary/aromatic N) is 1. The normalized spacial score (nSPS) is 13.8. The van der Waals surface area contributed by atoms with Crippen LogP contribution in [0.5, 0.6) is 0 Å². The third-order valence-corrected chi connectivity index (χ3v) is 4.26. The standard InChI is InChI=1S/C15H24N2O3S/c1-10(2)8-13(14(18)19)16-15(20)17(4)11(3)9-12-6-5-7-21-12/h5-7,10-11,13H,8-9H2,1-4H3,(H,16,20)(H,18,19)/t11?,13-/m1/s1. The molecule has 1 aromatic heterocycles. The molecule has 5 nitrogen and oxygen atoms in total. The summed E-state index contributed by atoms with van der Waals surface area (Å²) in [6.07, 6.45) is 1.19. The van der Waals surface area contributed by atoms with Crippen LogP contribution in [0.2, 0.25) is 0 Å². The highest BCUT2D eigenvalue weighted by atomic mass is 32.1. The van der Waals surface area contributed by atoms with Crippen molar-refractivity contribution in [3.8, 4) is 0 Å². The molecule has 0 aliphatic heterocycles. The third-order valence-electron chi connectivity index (χ3n) is 3.36. The van der Waals surface area contributed by atoms with Gasteiger partial charge in [-0.25, -0.2) is 9.59 Å². The molecule has 2 atom stereocenters. The Morgan fingerprint density at radius 2 is 2.05 bits per heavy atom. The first kappa shape index (κ1) is 17.5. The molecule has 0 aromatic carbocycles. The maximum Gasteiger partial charge on any atom is 0.326 e. The van der Waals surface area contributed by atoms with Crippen LogP contribution in [0, 0.1) is 5.92 Å². The Morgan fingerprint density at radius 1 is 1.38 bits per heavy atom. The molecule has 0 aliphatic carbocycles. The average molecular weight is 312 g/mol. The summed E-state index contributed by atoms with van der Waals surface area (Å²) in [6.45, 7) is 5.83. The lowest BCUT2D eigenvalue weighted by Gasteiger charge is -2.27. The molecule has 1 heterocycles. The molecular weight excluding hydrogens is 288 g/mol. The lowest BCUT2D eigenvalue weighted by atomic mass is 10.0. The second kappa shape index (κ2) is 8.02. The van der Waals surface area contributed by atoms with Crippen molar-refractivity contribution in [2.45, 2.75) is 45.7 Å². The Morgan fingerprint density at radius 3 is 2.52 bits per heavy atom. The summed E-state index contributed by atoms with van der Waals surface area (Å²) < 4.78 is 0. The summed E-state index contributed by atoms with van der Waals surface area (Å²) in [4.78, 5) is 26.1. The minimum atomic E-state index is -0.989. The van der Waals surface area contributed by atoms with Crippen molar-refractivity contribution in [1.29, 1.82) is 0 Å². The summed E-state index contributed by atoms with van der Waals surface area (Å²) in [6, 6.07) is 2.85. The number of carbonyl (C=O) groups is 2. The van der Waals surface area contributed by atoms with Gasteiger partial charge in [0.25, 0.3) is 0 Å². The van der Waals surface area contributed by atoms with Gasteiger partial charge in [0.2, 0.25) is 0 Å². The smallest absolute Gasteiger partial charge is 0.326 e. The number of urea groups is 1. The van der Waals surface area contributed by atoms with Crippen LogP contribution < -0.4 is 5.32 Å². The fourth-order valence-electron chi connectivity index (χ4n) is 2.00. The lowest BCUT2D eigenvalue weighted by molar-refractivity contribution is -0.139. The van der Waals surface area contributed by atoms with Gasteiger partial charge in [-0.1, -0.05) is 19.9 Å². The second-order valence-electron chi connectivity index (χ2n) is 5.71. The van der Waals surface area contributed by atoms with E-state index >= 15 is 0 Å². The molecule has 1 unspecified atom stereocenters. The monoisotopic (exact) mass is 312 g/mol. The average Bonchev–Trinajstić information content (AvgIpc) is 2.88. The topological polar surface area (TPSA) is 69.6 Å². The third kappa shape index (κ3) is 5.75. The van der Waals surface area contributed by atoms with Crippen LogP contribution in [0.25, 0.3) is 0 Å². The molecule has 1 rings (SSSR count). The van der Waals surface area contributed by atoms with Gasteiger partial charge < -0.3 is 15.3 Å². The zero-order chi connectivity index (χ0) is 16.0. The van der Waals surface area contributed by atoms with Crippen molar-refractivity contribution in [3.63, 3.8) is 0 Å². The Labute approximate surface area is 130 Å². The molecule has 6 heteroatoms. The van der Waals surface area contributed by atoms with Crippen LogP contribution in [-0.2, 0) is 11.2 Å². The molecule has 0 saturated heterocycles. The van der Waals surface area contributed by atoms with E-state index in [2.05, 4.69) is 5.32 Å².